The summed E-state index contributed by atoms with van der Waals surface area (Å²) in [5.41, 5.74) is 1.59. The zero-order valence-electron chi connectivity index (χ0n) is 14.5. The van der Waals surface area contributed by atoms with Crippen LogP contribution in [0.5, 0.6) is 5.75 Å². The van der Waals surface area contributed by atoms with E-state index in [9.17, 15) is 4.79 Å². The summed E-state index contributed by atoms with van der Waals surface area (Å²) in [6.07, 6.45) is 2.74. The largest absolute Gasteiger partial charge is 0.494 e. The molecule has 2 rings (SSSR count). The van der Waals surface area contributed by atoms with Gasteiger partial charge in [-0.3, -0.25) is 4.79 Å². The molecule has 0 aliphatic carbocycles. The number of halogens is 1. The lowest BCUT2D eigenvalue weighted by atomic mass is 10.1. The lowest BCUT2D eigenvalue weighted by molar-refractivity contribution is -0.131. The van der Waals surface area contributed by atoms with Crippen LogP contribution in [0.4, 0.5) is 0 Å². The van der Waals surface area contributed by atoms with Gasteiger partial charge < -0.3 is 9.64 Å². The number of carbonyl (C=O) groups is 1. The van der Waals surface area contributed by atoms with E-state index in [4.69, 9.17) is 21.6 Å². The van der Waals surface area contributed by atoms with Crippen molar-refractivity contribution < 1.29 is 9.53 Å². The molecule has 26 heavy (non-hydrogen) atoms. The third kappa shape index (κ3) is 6.27. The fourth-order valence-electron chi connectivity index (χ4n) is 2.42. The predicted octanol–water partition coefficient (Wildman–Crippen LogP) is 4.59. The Kier molecular flexibility index (Phi) is 7.73. The van der Waals surface area contributed by atoms with E-state index in [1.165, 1.54) is 0 Å². The summed E-state index contributed by atoms with van der Waals surface area (Å²) in [6, 6.07) is 16.5. The van der Waals surface area contributed by atoms with E-state index in [2.05, 4.69) is 12.6 Å². The number of rotatable bonds is 9. The van der Waals surface area contributed by atoms with Gasteiger partial charge >= 0.3 is 0 Å². The molecule has 0 bridgehead atoms. The molecule has 0 atom stereocenters. The Bertz CT molecular complexity index is 764. The van der Waals surface area contributed by atoms with E-state index in [-0.39, 0.29) is 5.91 Å². The number of hydrogen-bond acceptors (Lipinski definition) is 3. The van der Waals surface area contributed by atoms with Crippen molar-refractivity contribution in [3.8, 4) is 11.8 Å². The standard InChI is InChI=1S/C21H21ClN2O2/c1-2-13-24(16-18-7-5-17(15-23)6-8-18)21(25)4-3-14-26-20-11-9-19(22)10-12-20/h2,5-12H,1,3-4,13-14,16H2. The maximum atomic E-state index is 12.5. The minimum Gasteiger partial charge on any atom is -0.494 e. The highest BCUT2D eigenvalue weighted by Crippen LogP contribution is 2.16. The number of hydrogen-bond donors (Lipinski definition) is 0. The van der Waals surface area contributed by atoms with Crippen LogP contribution in [0.3, 0.4) is 0 Å². The summed E-state index contributed by atoms with van der Waals surface area (Å²) >= 11 is 5.83. The van der Waals surface area contributed by atoms with E-state index in [0.29, 0.717) is 43.1 Å². The van der Waals surface area contributed by atoms with Gasteiger partial charge in [0.05, 0.1) is 18.2 Å². The zero-order chi connectivity index (χ0) is 18.8. The normalized spacial score (nSPS) is 10.0. The van der Waals surface area contributed by atoms with Crippen molar-refractivity contribution in [2.75, 3.05) is 13.2 Å². The quantitative estimate of drug-likeness (QED) is 0.480. The van der Waals surface area contributed by atoms with Gasteiger partial charge in [0, 0.05) is 24.5 Å². The number of ether oxygens (including phenoxy) is 1. The molecule has 134 valence electrons. The highest BCUT2D eigenvalue weighted by Gasteiger charge is 2.12. The summed E-state index contributed by atoms with van der Waals surface area (Å²) < 4.78 is 5.61. The smallest absolute Gasteiger partial charge is 0.223 e. The third-order valence-corrected chi connectivity index (χ3v) is 4.03. The number of amides is 1. The highest BCUT2D eigenvalue weighted by atomic mass is 35.5. The van der Waals surface area contributed by atoms with Crippen molar-refractivity contribution >= 4 is 17.5 Å². The molecule has 4 nitrogen and oxygen atoms in total. The summed E-state index contributed by atoms with van der Waals surface area (Å²) in [5.74, 6) is 0.788. The number of nitrogens with zero attached hydrogens (tertiary/aromatic N) is 2. The summed E-state index contributed by atoms with van der Waals surface area (Å²) in [4.78, 5) is 14.2. The second kappa shape index (κ2) is 10.3. The second-order valence-electron chi connectivity index (χ2n) is 5.78. The summed E-state index contributed by atoms with van der Waals surface area (Å²) in [5, 5.41) is 9.52. The topological polar surface area (TPSA) is 53.3 Å². The minimum atomic E-state index is 0.0500. The van der Waals surface area contributed by atoms with Crippen molar-refractivity contribution in [1.82, 2.24) is 4.90 Å². The molecular weight excluding hydrogens is 348 g/mol. The van der Waals surface area contributed by atoms with Crippen LogP contribution in [0.15, 0.2) is 61.2 Å². The number of benzene rings is 2. The first-order valence-corrected chi connectivity index (χ1v) is 8.76. The SMILES string of the molecule is C=CCN(Cc1ccc(C#N)cc1)C(=O)CCCOc1ccc(Cl)cc1. The molecule has 1 amide bonds. The molecule has 0 spiro atoms. The Morgan fingerprint density at radius 3 is 2.50 bits per heavy atom. The number of nitriles is 1. The minimum absolute atomic E-state index is 0.0500. The first-order chi connectivity index (χ1) is 12.6. The Morgan fingerprint density at radius 1 is 1.19 bits per heavy atom. The molecule has 0 aromatic heterocycles. The van der Waals surface area contributed by atoms with E-state index in [1.54, 1.807) is 47.4 Å². The van der Waals surface area contributed by atoms with Crippen molar-refractivity contribution in [2.45, 2.75) is 19.4 Å². The first kappa shape index (κ1) is 19.6. The fourth-order valence-corrected chi connectivity index (χ4v) is 2.54. The van der Waals surface area contributed by atoms with Gasteiger partial charge in [-0.15, -0.1) is 6.58 Å². The monoisotopic (exact) mass is 368 g/mol. The number of carbonyl (C=O) groups excluding carboxylic acids is 1. The summed E-state index contributed by atoms with van der Waals surface area (Å²) in [7, 11) is 0. The van der Waals surface area contributed by atoms with Crippen LogP contribution in [-0.4, -0.2) is 24.0 Å². The molecule has 0 N–H and O–H groups in total. The molecule has 0 aliphatic rings. The molecule has 0 fully saturated rings. The van der Waals surface area contributed by atoms with Crippen molar-refractivity contribution in [2.24, 2.45) is 0 Å². The van der Waals surface area contributed by atoms with E-state index in [0.717, 1.165) is 11.3 Å². The molecule has 2 aromatic rings. The highest BCUT2D eigenvalue weighted by molar-refractivity contribution is 6.30. The van der Waals surface area contributed by atoms with E-state index >= 15 is 0 Å². The lowest BCUT2D eigenvalue weighted by Crippen LogP contribution is -2.30. The fraction of sp³-hybridized carbons (Fsp3) is 0.238. The Labute approximate surface area is 159 Å². The van der Waals surface area contributed by atoms with E-state index < -0.39 is 0 Å². The van der Waals surface area contributed by atoms with E-state index in [1.807, 2.05) is 12.1 Å². The average Bonchev–Trinajstić information content (AvgIpc) is 2.66. The molecule has 0 aliphatic heterocycles. The van der Waals surface area contributed by atoms with Gasteiger partial charge in [-0.05, 0) is 48.4 Å². The van der Waals surface area contributed by atoms with Gasteiger partial charge in [-0.2, -0.15) is 5.26 Å². The van der Waals surface area contributed by atoms with Crippen LogP contribution >= 0.6 is 11.6 Å². The Balaban J connectivity index is 1.82. The van der Waals surface area contributed by atoms with Crippen LogP contribution in [0.2, 0.25) is 5.02 Å². The average molecular weight is 369 g/mol. The van der Waals surface area contributed by atoms with Gasteiger partial charge in [0.15, 0.2) is 0 Å². The van der Waals surface area contributed by atoms with Crippen molar-refractivity contribution in [3.05, 3.63) is 77.3 Å². The van der Waals surface area contributed by atoms with Gasteiger partial charge in [-0.1, -0.05) is 29.8 Å². The van der Waals surface area contributed by atoms with Crippen molar-refractivity contribution in [1.29, 1.82) is 5.26 Å². The third-order valence-electron chi connectivity index (χ3n) is 3.78. The molecular formula is C21H21ClN2O2. The lowest BCUT2D eigenvalue weighted by Gasteiger charge is -2.21. The summed E-state index contributed by atoms with van der Waals surface area (Å²) in [6.45, 7) is 5.16. The molecule has 0 saturated heterocycles. The van der Waals surface area contributed by atoms with Gasteiger partial charge in [0.1, 0.15) is 5.75 Å². The first-order valence-electron chi connectivity index (χ1n) is 8.38. The molecule has 0 unspecified atom stereocenters. The zero-order valence-corrected chi connectivity index (χ0v) is 15.3. The molecule has 0 heterocycles. The Morgan fingerprint density at radius 2 is 1.88 bits per heavy atom. The predicted molar refractivity (Wildman–Crippen MR) is 103 cm³/mol. The maximum absolute atomic E-state index is 12.5. The van der Waals surface area contributed by atoms with Crippen LogP contribution in [0.1, 0.15) is 24.0 Å². The molecule has 2 aromatic carbocycles. The Hall–Kier alpha value is -2.77. The molecule has 0 saturated carbocycles. The second-order valence-corrected chi connectivity index (χ2v) is 6.21. The van der Waals surface area contributed by atoms with Gasteiger partial charge in [-0.25, -0.2) is 0 Å². The maximum Gasteiger partial charge on any atom is 0.223 e. The van der Waals surface area contributed by atoms with Crippen LogP contribution < -0.4 is 4.74 Å². The van der Waals surface area contributed by atoms with Crippen LogP contribution in [0, 0.1) is 11.3 Å². The van der Waals surface area contributed by atoms with Crippen molar-refractivity contribution in [3.63, 3.8) is 0 Å². The van der Waals surface area contributed by atoms with Gasteiger partial charge in [0.2, 0.25) is 5.91 Å². The molecule has 5 heteroatoms. The van der Waals surface area contributed by atoms with Crippen LogP contribution in [0.25, 0.3) is 0 Å². The molecule has 0 radical (unpaired) electrons. The van der Waals surface area contributed by atoms with Crippen LogP contribution in [-0.2, 0) is 11.3 Å². The van der Waals surface area contributed by atoms with Gasteiger partial charge in [0.25, 0.3) is 0 Å².